The minimum absolute atomic E-state index is 0.177. The van der Waals surface area contributed by atoms with E-state index in [0.29, 0.717) is 17.9 Å². The minimum Gasteiger partial charge on any atom is -0.342 e. The average Bonchev–Trinajstić information content (AvgIpc) is 2.83. The number of benzene rings is 1. The van der Waals surface area contributed by atoms with Crippen molar-refractivity contribution in [3.63, 3.8) is 0 Å². The smallest absolute Gasteiger partial charge is 0.222 e. The van der Waals surface area contributed by atoms with Crippen molar-refractivity contribution < 1.29 is 4.79 Å². The molecular formula is C30H44N2O. The second kappa shape index (κ2) is 11.5. The van der Waals surface area contributed by atoms with E-state index in [1.54, 1.807) is 0 Å². The highest BCUT2D eigenvalue weighted by molar-refractivity contribution is 5.76. The molecule has 0 aromatic heterocycles. The van der Waals surface area contributed by atoms with E-state index in [-0.39, 0.29) is 5.41 Å². The molecule has 1 saturated carbocycles. The zero-order valence-corrected chi connectivity index (χ0v) is 20.6. The van der Waals surface area contributed by atoms with Gasteiger partial charge < -0.3 is 4.90 Å². The summed E-state index contributed by atoms with van der Waals surface area (Å²) in [4.78, 5) is 18.3. The molecule has 0 unspecified atom stereocenters. The van der Waals surface area contributed by atoms with Gasteiger partial charge in [-0.05, 0) is 62.3 Å². The van der Waals surface area contributed by atoms with Gasteiger partial charge in [-0.2, -0.15) is 0 Å². The molecule has 1 aromatic rings. The van der Waals surface area contributed by atoms with Gasteiger partial charge in [0.05, 0.1) is 0 Å². The fourth-order valence-corrected chi connectivity index (χ4v) is 7.07. The third-order valence-corrected chi connectivity index (χ3v) is 8.68. The van der Waals surface area contributed by atoms with Crippen molar-refractivity contribution in [2.45, 2.75) is 83.2 Å². The van der Waals surface area contributed by atoms with Crippen LogP contribution in [0.2, 0.25) is 0 Å². The number of carbonyl (C=O) groups is 1. The fourth-order valence-electron chi connectivity index (χ4n) is 7.07. The van der Waals surface area contributed by atoms with Gasteiger partial charge in [0.1, 0.15) is 0 Å². The van der Waals surface area contributed by atoms with E-state index in [2.05, 4.69) is 59.4 Å². The molecular weight excluding hydrogens is 404 g/mol. The van der Waals surface area contributed by atoms with Gasteiger partial charge in [0.25, 0.3) is 0 Å². The van der Waals surface area contributed by atoms with Crippen molar-refractivity contribution in [3.05, 3.63) is 61.2 Å². The number of nitrogens with zero attached hydrogens (tertiary/aromatic N) is 2. The lowest BCUT2D eigenvalue weighted by atomic mass is 9.56. The van der Waals surface area contributed by atoms with Crippen molar-refractivity contribution in [2.24, 2.45) is 17.3 Å². The van der Waals surface area contributed by atoms with Crippen LogP contribution >= 0.6 is 0 Å². The quantitative estimate of drug-likeness (QED) is 0.265. The van der Waals surface area contributed by atoms with Crippen molar-refractivity contribution in [3.8, 4) is 0 Å². The second-order valence-electron chi connectivity index (χ2n) is 10.9. The number of piperidine rings is 2. The van der Waals surface area contributed by atoms with Gasteiger partial charge in [0, 0.05) is 44.1 Å². The van der Waals surface area contributed by atoms with Crippen LogP contribution < -0.4 is 0 Å². The van der Waals surface area contributed by atoms with E-state index >= 15 is 0 Å². The molecule has 0 spiro atoms. The molecule has 3 fully saturated rings. The molecule has 33 heavy (non-hydrogen) atoms. The molecule has 2 bridgehead atoms. The molecule has 4 rings (SSSR count). The summed E-state index contributed by atoms with van der Waals surface area (Å²) in [6.07, 6.45) is 16.8. The van der Waals surface area contributed by atoms with Gasteiger partial charge in [-0.1, -0.05) is 61.7 Å². The van der Waals surface area contributed by atoms with Crippen molar-refractivity contribution >= 4 is 5.91 Å². The van der Waals surface area contributed by atoms with E-state index in [9.17, 15) is 4.79 Å². The molecule has 4 atom stereocenters. The van der Waals surface area contributed by atoms with Crippen LogP contribution in [0.3, 0.4) is 0 Å². The summed E-state index contributed by atoms with van der Waals surface area (Å²) in [5, 5.41) is 0. The van der Waals surface area contributed by atoms with Gasteiger partial charge >= 0.3 is 0 Å². The molecule has 3 aliphatic rings. The zero-order chi connectivity index (χ0) is 23.1. The summed E-state index contributed by atoms with van der Waals surface area (Å²) in [5.74, 6) is 1.82. The van der Waals surface area contributed by atoms with E-state index in [1.807, 2.05) is 6.08 Å². The molecule has 2 heterocycles. The predicted molar refractivity (Wildman–Crippen MR) is 138 cm³/mol. The van der Waals surface area contributed by atoms with Gasteiger partial charge in [-0.25, -0.2) is 0 Å². The normalized spacial score (nSPS) is 29.0. The van der Waals surface area contributed by atoms with Gasteiger partial charge in [-0.3, -0.25) is 9.69 Å². The monoisotopic (exact) mass is 448 g/mol. The highest BCUT2D eigenvalue weighted by Crippen LogP contribution is 2.53. The lowest BCUT2D eigenvalue weighted by Crippen LogP contribution is -2.65. The maximum atomic E-state index is 13.3. The zero-order valence-electron chi connectivity index (χ0n) is 20.6. The number of fused-ring (bicyclic) bond motifs is 1. The number of hydrogen-bond acceptors (Lipinski definition) is 2. The van der Waals surface area contributed by atoms with Crippen LogP contribution in [0, 0.1) is 17.3 Å². The molecule has 0 radical (unpaired) electrons. The predicted octanol–water partition coefficient (Wildman–Crippen LogP) is 6.61. The first kappa shape index (κ1) is 24.3. The number of amides is 1. The summed E-state index contributed by atoms with van der Waals surface area (Å²) in [6, 6.07) is 11.6. The maximum Gasteiger partial charge on any atom is 0.222 e. The molecule has 2 aliphatic heterocycles. The van der Waals surface area contributed by atoms with Crippen molar-refractivity contribution in [1.29, 1.82) is 0 Å². The minimum atomic E-state index is 0.177. The number of allylic oxidation sites excluding steroid dienone is 2. The highest BCUT2D eigenvalue weighted by atomic mass is 16.2. The second-order valence-corrected chi connectivity index (χ2v) is 10.9. The standard InChI is InChI=1S/C30H44N2O/c1-3-5-6-7-8-9-13-16-29(33)32-22-26-17-18-27-20-28(26)30(24-32,19-4-2)23-31(27)21-25-14-11-10-12-15-25/h3-4,10-12,14-15,26-28H,1-2,5-9,13,16-24H2/t26-,27-,28-,30+/m1/s1. The number of hydrogen-bond donors (Lipinski definition) is 0. The third kappa shape index (κ3) is 5.80. The Morgan fingerprint density at radius 2 is 1.79 bits per heavy atom. The molecule has 180 valence electrons. The van der Waals surface area contributed by atoms with Crippen LogP contribution in [-0.2, 0) is 11.3 Å². The number of carbonyl (C=O) groups excluding carboxylic acids is 1. The van der Waals surface area contributed by atoms with Crippen molar-refractivity contribution in [1.82, 2.24) is 9.80 Å². The Balaban J connectivity index is 1.39. The molecule has 1 amide bonds. The Morgan fingerprint density at radius 3 is 2.58 bits per heavy atom. The van der Waals surface area contributed by atoms with Crippen molar-refractivity contribution in [2.75, 3.05) is 19.6 Å². The summed E-state index contributed by atoms with van der Waals surface area (Å²) in [5.41, 5.74) is 1.58. The average molecular weight is 449 g/mol. The Hall–Kier alpha value is -1.87. The third-order valence-electron chi connectivity index (χ3n) is 8.68. The Morgan fingerprint density at radius 1 is 1.00 bits per heavy atom. The Bertz CT molecular complexity index is 790. The molecule has 2 saturated heterocycles. The summed E-state index contributed by atoms with van der Waals surface area (Å²) in [7, 11) is 0. The van der Waals surface area contributed by atoms with E-state index in [4.69, 9.17) is 0 Å². The molecule has 0 N–H and O–H groups in total. The first-order valence-corrected chi connectivity index (χ1v) is 13.4. The summed E-state index contributed by atoms with van der Waals surface area (Å²) < 4.78 is 0. The van der Waals surface area contributed by atoms with Gasteiger partial charge in [-0.15, -0.1) is 13.2 Å². The topological polar surface area (TPSA) is 23.6 Å². The summed E-state index contributed by atoms with van der Waals surface area (Å²) in [6.45, 7) is 12.0. The van der Waals surface area contributed by atoms with Crippen LogP contribution in [0.25, 0.3) is 0 Å². The fraction of sp³-hybridized carbons (Fsp3) is 0.633. The number of unbranched alkanes of at least 4 members (excludes halogenated alkanes) is 5. The number of rotatable bonds is 12. The van der Waals surface area contributed by atoms with Crippen LogP contribution in [0.4, 0.5) is 0 Å². The van der Waals surface area contributed by atoms with Crippen LogP contribution in [0.15, 0.2) is 55.6 Å². The maximum absolute atomic E-state index is 13.3. The lowest BCUT2D eigenvalue weighted by molar-refractivity contribution is -0.153. The van der Waals surface area contributed by atoms with E-state index in [1.165, 1.54) is 50.5 Å². The van der Waals surface area contributed by atoms with Crippen LogP contribution in [-0.4, -0.2) is 41.4 Å². The SMILES string of the molecule is C=CCCCCCCCC(=O)N1C[C@H]2CC[C@@H]3C[C@H]2[C@](CC=C)(C1)CN3Cc1ccccc1. The summed E-state index contributed by atoms with van der Waals surface area (Å²) >= 11 is 0. The van der Waals surface area contributed by atoms with Gasteiger partial charge in [0.2, 0.25) is 5.91 Å². The molecule has 3 nitrogen and oxygen atoms in total. The molecule has 1 aromatic carbocycles. The first-order valence-electron chi connectivity index (χ1n) is 13.4. The first-order chi connectivity index (χ1) is 16.1. The van der Waals surface area contributed by atoms with Crippen LogP contribution in [0.5, 0.6) is 0 Å². The molecule has 3 heteroatoms. The Kier molecular flexibility index (Phi) is 8.46. The van der Waals surface area contributed by atoms with E-state index in [0.717, 1.165) is 57.8 Å². The highest BCUT2D eigenvalue weighted by Gasteiger charge is 2.55. The van der Waals surface area contributed by atoms with Gasteiger partial charge in [0.15, 0.2) is 0 Å². The largest absolute Gasteiger partial charge is 0.342 e. The Labute approximate surface area is 201 Å². The lowest BCUT2D eigenvalue weighted by Gasteiger charge is -2.61. The molecule has 1 aliphatic carbocycles. The van der Waals surface area contributed by atoms with Crippen LogP contribution in [0.1, 0.15) is 76.2 Å². The number of likely N-dealkylation sites (tertiary alicyclic amines) is 2. The van der Waals surface area contributed by atoms with E-state index < -0.39 is 0 Å².